The number of ether oxygens (including phenoxy) is 2. The second-order valence-electron chi connectivity index (χ2n) is 8.69. The Morgan fingerprint density at radius 1 is 1.00 bits per heavy atom. The van der Waals surface area contributed by atoms with Crippen LogP contribution in [0.25, 0.3) is 5.82 Å². The van der Waals surface area contributed by atoms with Crippen molar-refractivity contribution in [3.05, 3.63) is 90.0 Å². The largest absolute Gasteiger partial charge is 0.439 e. The van der Waals surface area contributed by atoms with Crippen LogP contribution >= 0.6 is 0 Å². The van der Waals surface area contributed by atoms with Crippen LogP contribution in [-0.4, -0.2) is 38.9 Å². The number of hydrogen-bond donors (Lipinski definition) is 1. The maximum Gasteiger partial charge on any atom is 0.235 e. The Morgan fingerprint density at radius 3 is 2.43 bits per heavy atom. The molecule has 0 spiro atoms. The van der Waals surface area contributed by atoms with E-state index >= 15 is 0 Å². The van der Waals surface area contributed by atoms with Crippen molar-refractivity contribution in [2.45, 2.75) is 32.1 Å². The van der Waals surface area contributed by atoms with Gasteiger partial charge in [-0.2, -0.15) is 5.10 Å². The molecule has 0 radical (unpaired) electrons. The van der Waals surface area contributed by atoms with Crippen LogP contribution in [0.2, 0.25) is 0 Å². The number of benzene rings is 2. The van der Waals surface area contributed by atoms with Crippen molar-refractivity contribution in [3.63, 3.8) is 0 Å². The molecule has 0 bridgehead atoms. The molecule has 1 aliphatic heterocycles. The van der Waals surface area contributed by atoms with E-state index in [4.69, 9.17) is 9.47 Å². The van der Waals surface area contributed by atoms with E-state index in [-0.39, 0.29) is 5.91 Å². The highest BCUT2D eigenvalue weighted by atomic mass is 16.5. The average molecular weight is 470 g/mol. The standard InChI is InChI=1S/C27H27N5O3/c1-19-16-20(2)32(31-19)24-17-25(29-18-28-24)35-23-10-8-22(9-11-23)30-26(33)27(12-14-34-15-13-27)21-6-4-3-5-7-21/h3-11,16-18H,12-15H2,1-2H3,(H,30,33). The van der Waals surface area contributed by atoms with Gasteiger partial charge in [0.05, 0.1) is 11.1 Å². The molecule has 0 atom stereocenters. The van der Waals surface area contributed by atoms with Gasteiger partial charge in [0.2, 0.25) is 11.8 Å². The van der Waals surface area contributed by atoms with Crippen LogP contribution in [0.3, 0.4) is 0 Å². The molecule has 1 N–H and O–H groups in total. The first-order valence-electron chi connectivity index (χ1n) is 11.6. The van der Waals surface area contributed by atoms with Crippen LogP contribution in [0.5, 0.6) is 11.6 Å². The molecule has 0 unspecified atom stereocenters. The third-order valence-electron chi connectivity index (χ3n) is 6.30. The predicted molar refractivity (Wildman–Crippen MR) is 132 cm³/mol. The number of aromatic nitrogens is 4. The quantitative estimate of drug-likeness (QED) is 0.438. The minimum Gasteiger partial charge on any atom is -0.439 e. The van der Waals surface area contributed by atoms with Crippen LogP contribution in [0, 0.1) is 13.8 Å². The Balaban J connectivity index is 1.30. The molecule has 0 saturated carbocycles. The highest BCUT2D eigenvalue weighted by molar-refractivity contribution is 5.99. The lowest BCUT2D eigenvalue weighted by molar-refractivity contribution is -0.125. The summed E-state index contributed by atoms with van der Waals surface area (Å²) in [6.07, 6.45) is 2.75. The van der Waals surface area contributed by atoms with Gasteiger partial charge in [-0.3, -0.25) is 4.79 Å². The van der Waals surface area contributed by atoms with Crippen molar-refractivity contribution in [1.82, 2.24) is 19.7 Å². The van der Waals surface area contributed by atoms with E-state index in [1.54, 1.807) is 22.9 Å². The Kier molecular flexibility index (Phi) is 6.29. The summed E-state index contributed by atoms with van der Waals surface area (Å²) in [5, 5.41) is 7.55. The summed E-state index contributed by atoms with van der Waals surface area (Å²) in [7, 11) is 0. The fourth-order valence-corrected chi connectivity index (χ4v) is 4.46. The van der Waals surface area contributed by atoms with Gasteiger partial charge in [-0.25, -0.2) is 14.6 Å². The highest BCUT2D eigenvalue weighted by Crippen LogP contribution is 2.36. The van der Waals surface area contributed by atoms with Gasteiger partial charge >= 0.3 is 0 Å². The SMILES string of the molecule is Cc1cc(C)n(-c2cc(Oc3ccc(NC(=O)C4(c5ccccc5)CCOCC4)cc3)ncn2)n1. The fourth-order valence-electron chi connectivity index (χ4n) is 4.46. The van der Waals surface area contributed by atoms with Crippen molar-refractivity contribution >= 4 is 11.6 Å². The molecule has 8 heteroatoms. The first kappa shape index (κ1) is 22.7. The van der Waals surface area contributed by atoms with E-state index in [0.29, 0.717) is 49.2 Å². The molecular formula is C27H27N5O3. The molecule has 1 fully saturated rings. The lowest BCUT2D eigenvalue weighted by Crippen LogP contribution is -2.44. The Labute approximate surface area is 204 Å². The highest BCUT2D eigenvalue weighted by Gasteiger charge is 2.41. The van der Waals surface area contributed by atoms with Crippen LogP contribution in [0.1, 0.15) is 29.8 Å². The van der Waals surface area contributed by atoms with E-state index in [9.17, 15) is 4.79 Å². The van der Waals surface area contributed by atoms with Crippen molar-refractivity contribution in [2.75, 3.05) is 18.5 Å². The fraction of sp³-hybridized carbons (Fsp3) is 0.259. The first-order valence-corrected chi connectivity index (χ1v) is 11.6. The number of rotatable bonds is 6. The topological polar surface area (TPSA) is 91.2 Å². The van der Waals surface area contributed by atoms with Crippen LogP contribution in [-0.2, 0) is 14.9 Å². The number of amides is 1. The number of hydrogen-bond acceptors (Lipinski definition) is 6. The summed E-state index contributed by atoms with van der Waals surface area (Å²) in [5.41, 5.74) is 3.01. The zero-order valence-corrected chi connectivity index (χ0v) is 19.8. The molecule has 1 aliphatic rings. The van der Waals surface area contributed by atoms with Crippen molar-refractivity contribution in [1.29, 1.82) is 0 Å². The summed E-state index contributed by atoms with van der Waals surface area (Å²) in [6.45, 7) is 5.03. The molecule has 1 amide bonds. The summed E-state index contributed by atoms with van der Waals surface area (Å²) < 4.78 is 13.2. The van der Waals surface area contributed by atoms with Crippen LogP contribution < -0.4 is 10.1 Å². The van der Waals surface area contributed by atoms with Crippen molar-refractivity contribution < 1.29 is 14.3 Å². The number of nitrogens with zero attached hydrogens (tertiary/aromatic N) is 4. The van der Waals surface area contributed by atoms with E-state index in [1.807, 2.05) is 62.4 Å². The second-order valence-corrected chi connectivity index (χ2v) is 8.69. The van der Waals surface area contributed by atoms with Gasteiger partial charge in [-0.05, 0) is 62.6 Å². The van der Waals surface area contributed by atoms with Gasteiger partial charge in [-0.15, -0.1) is 0 Å². The summed E-state index contributed by atoms with van der Waals surface area (Å²) >= 11 is 0. The molecule has 8 nitrogen and oxygen atoms in total. The molecule has 4 aromatic rings. The van der Waals surface area contributed by atoms with Gasteiger partial charge < -0.3 is 14.8 Å². The minimum absolute atomic E-state index is 0.0222. The number of carbonyl (C=O) groups excluding carboxylic acids is 1. The second kappa shape index (κ2) is 9.68. The third kappa shape index (κ3) is 4.79. The van der Waals surface area contributed by atoms with Gasteiger partial charge in [0.25, 0.3) is 0 Å². The van der Waals surface area contributed by atoms with E-state index < -0.39 is 5.41 Å². The molecule has 2 aromatic carbocycles. The van der Waals surface area contributed by atoms with Gasteiger partial charge in [0, 0.05) is 30.7 Å². The summed E-state index contributed by atoms with van der Waals surface area (Å²) in [6, 6.07) is 20.9. The maximum absolute atomic E-state index is 13.4. The lowest BCUT2D eigenvalue weighted by Gasteiger charge is -2.36. The summed E-state index contributed by atoms with van der Waals surface area (Å²) in [5.74, 6) is 1.62. The predicted octanol–water partition coefficient (Wildman–Crippen LogP) is 4.76. The van der Waals surface area contributed by atoms with Gasteiger partial charge in [0.1, 0.15) is 12.1 Å². The number of aryl methyl sites for hydroxylation is 2. The molecule has 35 heavy (non-hydrogen) atoms. The van der Waals surface area contributed by atoms with Gasteiger partial charge in [0.15, 0.2) is 5.82 Å². The zero-order chi connectivity index (χ0) is 24.3. The van der Waals surface area contributed by atoms with E-state index in [2.05, 4.69) is 20.4 Å². The van der Waals surface area contributed by atoms with Crippen molar-refractivity contribution in [3.8, 4) is 17.4 Å². The monoisotopic (exact) mass is 469 g/mol. The third-order valence-corrected chi connectivity index (χ3v) is 6.30. The molecule has 5 rings (SSSR count). The number of nitrogens with one attached hydrogen (secondary N) is 1. The Morgan fingerprint density at radius 2 is 1.74 bits per heavy atom. The normalized spacial score (nSPS) is 14.9. The lowest BCUT2D eigenvalue weighted by atomic mass is 9.73. The first-order chi connectivity index (χ1) is 17.0. The molecule has 1 saturated heterocycles. The van der Waals surface area contributed by atoms with E-state index in [0.717, 1.165) is 17.0 Å². The molecule has 2 aromatic heterocycles. The average Bonchev–Trinajstić information content (AvgIpc) is 3.24. The van der Waals surface area contributed by atoms with Crippen LogP contribution in [0.15, 0.2) is 73.1 Å². The maximum atomic E-state index is 13.4. The van der Waals surface area contributed by atoms with Gasteiger partial charge in [-0.1, -0.05) is 30.3 Å². The van der Waals surface area contributed by atoms with Crippen LogP contribution in [0.4, 0.5) is 5.69 Å². The smallest absolute Gasteiger partial charge is 0.235 e. The zero-order valence-electron chi connectivity index (χ0n) is 19.8. The van der Waals surface area contributed by atoms with E-state index in [1.165, 1.54) is 6.33 Å². The number of carbonyl (C=O) groups is 1. The molecule has 0 aliphatic carbocycles. The molecular weight excluding hydrogens is 442 g/mol. The number of anilines is 1. The Hall–Kier alpha value is -4.04. The summed E-state index contributed by atoms with van der Waals surface area (Å²) in [4.78, 5) is 22.0. The molecule has 178 valence electrons. The van der Waals surface area contributed by atoms with Crippen molar-refractivity contribution in [2.24, 2.45) is 0 Å². The Bertz CT molecular complexity index is 1310. The molecule has 3 heterocycles. The minimum atomic E-state index is -0.602.